The number of aryl methyl sites for hydroxylation is 3. The van der Waals surface area contributed by atoms with E-state index in [1.165, 1.54) is 0 Å². The minimum absolute atomic E-state index is 0.195. The lowest BCUT2D eigenvalue weighted by Gasteiger charge is -2.36. The highest BCUT2D eigenvalue weighted by molar-refractivity contribution is 6.04. The van der Waals surface area contributed by atoms with E-state index < -0.39 is 18.0 Å². The van der Waals surface area contributed by atoms with Gasteiger partial charge < -0.3 is 9.47 Å². The predicted octanol–water partition coefficient (Wildman–Crippen LogP) is 6.89. The van der Waals surface area contributed by atoms with Gasteiger partial charge in [0.25, 0.3) is 11.8 Å². The van der Waals surface area contributed by atoms with E-state index in [9.17, 15) is 14.4 Å². The molecule has 1 aliphatic heterocycles. The summed E-state index contributed by atoms with van der Waals surface area (Å²) < 4.78 is 2.18. The van der Waals surface area contributed by atoms with E-state index in [-0.39, 0.29) is 24.2 Å². The zero-order chi connectivity index (χ0) is 32.4. The van der Waals surface area contributed by atoms with E-state index in [4.69, 9.17) is 0 Å². The third-order valence-electron chi connectivity index (χ3n) is 9.30. The van der Waals surface area contributed by atoms with Gasteiger partial charge in [0.1, 0.15) is 6.04 Å². The van der Waals surface area contributed by atoms with Crippen molar-refractivity contribution in [2.24, 2.45) is 13.0 Å². The Balaban J connectivity index is 1.42. The summed E-state index contributed by atoms with van der Waals surface area (Å²) in [7, 11) is 2.05. The van der Waals surface area contributed by atoms with Crippen LogP contribution in [-0.4, -0.2) is 33.2 Å². The quantitative estimate of drug-likeness (QED) is 0.178. The number of hydrogen-bond donors (Lipinski definition) is 2. The van der Waals surface area contributed by atoms with Crippen molar-refractivity contribution >= 4 is 28.6 Å². The number of hydrogen-bond acceptors (Lipinski definition) is 3. The summed E-state index contributed by atoms with van der Waals surface area (Å²) in [5.74, 6) is -1.09. The molecule has 6 rings (SSSR count). The molecule has 3 amide bonds. The van der Waals surface area contributed by atoms with Crippen molar-refractivity contribution in [1.82, 2.24) is 20.3 Å². The van der Waals surface area contributed by atoms with Crippen molar-refractivity contribution in [3.63, 3.8) is 0 Å². The van der Waals surface area contributed by atoms with Crippen molar-refractivity contribution in [2.75, 3.05) is 0 Å². The Bertz CT molecular complexity index is 1890. The van der Waals surface area contributed by atoms with E-state index >= 15 is 0 Å². The number of aromatic nitrogens is 1. The fourth-order valence-electron chi connectivity index (χ4n) is 6.73. The van der Waals surface area contributed by atoms with Gasteiger partial charge in [0, 0.05) is 35.5 Å². The summed E-state index contributed by atoms with van der Waals surface area (Å²) in [5, 5.41) is 1.03. The second-order valence-electron chi connectivity index (χ2n) is 12.3. The fraction of sp³-hybridized carbons (Fsp3) is 0.256. The molecule has 3 unspecified atom stereocenters. The van der Waals surface area contributed by atoms with Crippen LogP contribution < -0.4 is 10.9 Å². The van der Waals surface area contributed by atoms with E-state index in [0.717, 1.165) is 44.4 Å². The van der Waals surface area contributed by atoms with Crippen molar-refractivity contribution in [3.8, 4) is 11.3 Å². The molecule has 4 aromatic carbocycles. The largest absolute Gasteiger partial charge is 0.343 e. The topological polar surface area (TPSA) is 83.4 Å². The fourth-order valence-corrected chi connectivity index (χ4v) is 6.73. The lowest BCUT2D eigenvalue weighted by atomic mass is 9.90. The van der Waals surface area contributed by atoms with Crippen molar-refractivity contribution in [2.45, 2.75) is 52.1 Å². The van der Waals surface area contributed by atoms with Crippen LogP contribution in [0, 0.1) is 12.8 Å². The molecule has 7 nitrogen and oxygen atoms in total. The molecule has 3 atom stereocenters. The molecule has 0 bridgehead atoms. The average molecular weight is 613 g/mol. The van der Waals surface area contributed by atoms with Gasteiger partial charge in [-0.25, -0.2) is 0 Å². The van der Waals surface area contributed by atoms with Gasteiger partial charge in [0.15, 0.2) is 0 Å². The highest BCUT2D eigenvalue weighted by Crippen LogP contribution is 2.48. The molecule has 1 aliphatic rings. The van der Waals surface area contributed by atoms with Crippen molar-refractivity contribution in [3.05, 3.63) is 131 Å². The first-order valence-corrected chi connectivity index (χ1v) is 16.0. The maximum absolute atomic E-state index is 14.4. The Morgan fingerprint density at radius 3 is 2.26 bits per heavy atom. The minimum atomic E-state index is -0.839. The predicted molar refractivity (Wildman–Crippen MR) is 182 cm³/mol. The normalized spacial score (nSPS) is 15.4. The molecule has 0 saturated carbocycles. The summed E-state index contributed by atoms with van der Waals surface area (Å²) in [4.78, 5) is 43.1. The third-order valence-corrected chi connectivity index (χ3v) is 9.30. The lowest BCUT2D eigenvalue weighted by Crippen LogP contribution is -2.55. The van der Waals surface area contributed by atoms with Crippen molar-refractivity contribution < 1.29 is 14.4 Å². The van der Waals surface area contributed by atoms with Crippen LogP contribution in [0.2, 0.25) is 0 Å². The molecule has 46 heavy (non-hydrogen) atoms. The molecule has 2 N–H and O–H groups in total. The Kier molecular flexibility index (Phi) is 8.75. The highest BCUT2D eigenvalue weighted by atomic mass is 16.2. The standard InChI is InChI=1S/C39H40N4O3/c1-5-26(3)35(38(45)41-40-33(44)24-21-27-13-7-6-8-14-27)43-37(29-15-9-10-16-30(29)39(43)46)34-31-17-11-12-18-32(31)42(4)36(34)28-22-19-25(2)20-23-28/h6-20,22-23,26,35,37H,5,21,24H2,1-4H3,(H,40,44)(H,41,45). The number of rotatable bonds is 9. The molecule has 5 aromatic rings. The van der Waals surface area contributed by atoms with Crippen LogP contribution in [0.25, 0.3) is 22.2 Å². The van der Waals surface area contributed by atoms with Gasteiger partial charge in [0.05, 0.1) is 11.7 Å². The maximum Gasteiger partial charge on any atom is 0.261 e. The lowest BCUT2D eigenvalue weighted by molar-refractivity contribution is -0.133. The number of fused-ring (bicyclic) bond motifs is 2. The molecule has 0 saturated heterocycles. The third kappa shape index (κ3) is 5.69. The zero-order valence-corrected chi connectivity index (χ0v) is 26.8. The number of nitrogens with zero attached hydrogens (tertiary/aromatic N) is 2. The molecule has 7 heteroatoms. The molecule has 0 spiro atoms. The molecular formula is C39H40N4O3. The molecule has 1 aromatic heterocycles. The monoisotopic (exact) mass is 612 g/mol. The van der Waals surface area contributed by atoms with Gasteiger partial charge in [-0.15, -0.1) is 0 Å². The number of carbonyl (C=O) groups is 3. The summed E-state index contributed by atoms with van der Waals surface area (Å²) in [6, 6.07) is 32.7. The Morgan fingerprint density at radius 2 is 1.52 bits per heavy atom. The summed E-state index contributed by atoms with van der Waals surface area (Å²) >= 11 is 0. The SMILES string of the molecule is CCC(C)C(C(=O)NNC(=O)CCc1ccccc1)N1C(=O)c2ccccc2C1c1c(-c2ccc(C)cc2)n(C)c2ccccc12. The number of amides is 3. The Morgan fingerprint density at radius 1 is 0.848 bits per heavy atom. The smallest absolute Gasteiger partial charge is 0.261 e. The van der Waals surface area contributed by atoms with E-state index in [2.05, 4.69) is 65.8 Å². The molecule has 0 aliphatic carbocycles. The molecule has 0 fully saturated rings. The van der Waals surface area contributed by atoms with Crippen LogP contribution in [-0.2, 0) is 23.1 Å². The zero-order valence-electron chi connectivity index (χ0n) is 26.8. The number of nitrogens with one attached hydrogen (secondary N) is 2. The van der Waals surface area contributed by atoms with Crippen molar-refractivity contribution in [1.29, 1.82) is 0 Å². The summed E-state index contributed by atoms with van der Waals surface area (Å²) in [6.07, 6.45) is 1.44. The van der Waals surface area contributed by atoms with Gasteiger partial charge >= 0.3 is 0 Å². The molecule has 234 valence electrons. The van der Waals surface area contributed by atoms with Gasteiger partial charge in [-0.1, -0.05) is 117 Å². The van der Waals surface area contributed by atoms with Crippen LogP contribution in [0.3, 0.4) is 0 Å². The second-order valence-corrected chi connectivity index (χ2v) is 12.3. The van der Waals surface area contributed by atoms with Crippen LogP contribution >= 0.6 is 0 Å². The summed E-state index contributed by atoms with van der Waals surface area (Å²) in [5.41, 5.74) is 13.0. The van der Waals surface area contributed by atoms with Gasteiger partial charge in [-0.05, 0) is 48.1 Å². The van der Waals surface area contributed by atoms with Crippen LogP contribution in [0.1, 0.15) is 65.3 Å². The Hall–Kier alpha value is -5.17. The van der Waals surface area contributed by atoms with Gasteiger partial charge in [0.2, 0.25) is 5.91 Å². The highest BCUT2D eigenvalue weighted by Gasteiger charge is 2.47. The van der Waals surface area contributed by atoms with E-state index in [0.29, 0.717) is 18.4 Å². The summed E-state index contributed by atoms with van der Waals surface area (Å²) in [6.45, 7) is 6.07. The molecule has 2 heterocycles. The number of para-hydroxylation sites is 1. The first kappa shape index (κ1) is 30.8. The number of hydrazine groups is 1. The minimum Gasteiger partial charge on any atom is -0.343 e. The maximum atomic E-state index is 14.4. The van der Waals surface area contributed by atoms with Crippen LogP contribution in [0.4, 0.5) is 0 Å². The number of benzene rings is 4. The molecule has 0 radical (unpaired) electrons. The van der Waals surface area contributed by atoms with Crippen LogP contribution in [0.5, 0.6) is 0 Å². The second kappa shape index (κ2) is 13.1. The first-order valence-electron chi connectivity index (χ1n) is 16.0. The number of carbonyl (C=O) groups excluding carboxylic acids is 3. The van der Waals surface area contributed by atoms with E-state index in [1.807, 2.05) is 80.6 Å². The molecular weight excluding hydrogens is 572 g/mol. The first-order chi connectivity index (χ1) is 22.3. The average Bonchev–Trinajstić information content (AvgIpc) is 3.53. The van der Waals surface area contributed by atoms with Gasteiger partial charge in [-0.2, -0.15) is 0 Å². The van der Waals surface area contributed by atoms with E-state index in [1.54, 1.807) is 4.90 Å². The van der Waals surface area contributed by atoms with Crippen LogP contribution in [0.15, 0.2) is 103 Å². The van der Waals surface area contributed by atoms with Gasteiger partial charge in [-0.3, -0.25) is 25.2 Å². The Labute approximate surface area is 270 Å².